The Morgan fingerprint density at radius 1 is 0.903 bits per heavy atom. The van der Waals surface area contributed by atoms with E-state index in [2.05, 4.69) is 26.1 Å². The highest BCUT2D eigenvalue weighted by Gasteiger charge is 2.14. The van der Waals surface area contributed by atoms with Gasteiger partial charge < -0.3 is 14.8 Å². The fourth-order valence-corrected chi connectivity index (χ4v) is 2.79. The molecule has 0 aromatic heterocycles. The van der Waals surface area contributed by atoms with Crippen molar-refractivity contribution in [1.82, 2.24) is 0 Å². The van der Waals surface area contributed by atoms with E-state index in [0.29, 0.717) is 23.4 Å². The summed E-state index contributed by atoms with van der Waals surface area (Å²) in [6.45, 7) is 8.19. The van der Waals surface area contributed by atoms with Gasteiger partial charge in [-0.3, -0.25) is 14.4 Å². The Morgan fingerprint density at radius 2 is 1.55 bits per heavy atom. The van der Waals surface area contributed by atoms with E-state index in [1.54, 1.807) is 24.3 Å². The fraction of sp³-hybridized carbons (Fsp3) is 0.400. The summed E-state index contributed by atoms with van der Waals surface area (Å²) in [5.41, 5.74) is 2.31. The number of hydrogen-bond acceptors (Lipinski definition) is 5. The highest BCUT2D eigenvalue weighted by molar-refractivity contribution is 5.98. The molecular formula is C25H31NO5. The molecule has 0 atom stereocenters. The zero-order valence-corrected chi connectivity index (χ0v) is 18.7. The lowest BCUT2D eigenvalue weighted by Gasteiger charge is -2.19. The van der Waals surface area contributed by atoms with Crippen LogP contribution in [0.5, 0.6) is 5.75 Å². The van der Waals surface area contributed by atoms with Gasteiger partial charge in [-0.15, -0.1) is 0 Å². The van der Waals surface area contributed by atoms with E-state index >= 15 is 0 Å². The molecule has 0 unspecified atom stereocenters. The monoisotopic (exact) mass is 425 g/mol. The second kappa shape index (κ2) is 11.3. The molecule has 1 amide bonds. The van der Waals surface area contributed by atoms with Gasteiger partial charge in [0.05, 0.1) is 13.0 Å². The smallest absolute Gasteiger partial charge is 0.309 e. The zero-order chi connectivity index (χ0) is 22.9. The van der Waals surface area contributed by atoms with Crippen molar-refractivity contribution in [2.45, 2.75) is 52.4 Å². The molecule has 31 heavy (non-hydrogen) atoms. The number of carbonyl (C=O) groups excluding carboxylic acids is 3. The SMILES string of the molecule is CCCC(=O)Nc1ccc(C(=O)COC(=O)CCOc2ccc(C(C)(C)C)cc2)cc1. The summed E-state index contributed by atoms with van der Waals surface area (Å²) in [5.74, 6) is -0.188. The predicted molar refractivity (Wildman–Crippen MR) is 121 cm³/mol. The van der Waals surface area contributed by atoms with Crippen LogP contribution in [-0.4, -0.2) is 30.9 Å². The summed E-state index contributed by atoms with van der Waals surface area (Å²) >= 11 is 0. The molecular weight excluding hydrogens is 394 g/mol. The standard InChI is InChI=1S/C25H31NO5/c1-5-6-23(28)26-20-11-7-18(8-12-20)22(27)17-31-24(29)15-16-30-21-13-9-19(10-14-21)25(2,3)4/h7-14H,5-6,15-17H2,1-4H3,(H,26,28). The van der Waals surface area contributed by atoms with Crippen LogP contribution >= 0.6 is 0 Å². The topological polar surface area (TPSA) is 81.7 Å². The van der Waals surface area contributed by atoms with Crippen LogP contribution in [0.25, 0.3) is 0 Å². The first kappa shape index (κ1) is 24.1. The molecule has 0 heterocycles. The van der Waals surface area contributed by atoms with Gasteiger partial charge in [-0.1, -0.05) is 39.8 Å². The van der Waals surface area contributed by atoms with Gasteiger partial charge in [0.1, 0.15) is 5.75 Å². The maximum atomic E-state index is 12.2. The number of benzene rings is 2. The normalized spacial score (nSPS) is 11.0. The molecule has 166 valence electrons. The third-order valence-electron chi connectivity index (χ3n) is 4.63. The number of Topliss-reactive ketones (excluding diaryl/α,β-unsaturated/α-hetero) is 1. The van der Waals surface area contributed by atoms with Gasteiger partial charge in [-0.25, -0.2) is 0 Å². The van der Waals surface area contributed by atoms with Crippen LogP contribution < -0.4 is 10.1 Å². The Bertz CT molecular complexity index is 880. The first-order chi connectivity index (χ1) is 14.7. The molecule has 2 aromatic rings. The molecule has 0 bridgehead atoms. The van der Waals surface area contributed by atoms with Crippen LogP contribution in [-0.2, 0) is 19.7 Å². The highest BCUT2D eigenvalue weighted by atomic mass is 16.5. The number of nitrogens with one attached hydrogen (secondary N) is 1. The van der Waals surface area contributed by atoms with Gasteiger partial charge in [0.2, 0.25) is 5.91 Å². The quantitative estimate of drug-likeness (QED) is 0.432. The molecule has 2 aromatic carbocycles. The van der Waals surface area contributed by atoms with Crippen molar-refractivity contribution in [2.24, 2.45) is 0 Å². The molecule has 6 heteroatoms. The number of hydrogen-bond donors (Lipinski definition) is 1. The Balaban J connectivity index is 1.72. The highest BCUT2D eigenvalue weighted by Crippen LogP contribution is 2.24. The number of rotatable bonds is 10. The van der Waals surface area contributed by atoms with Crippen LogP contribution in [0.1, 0.15) is 62.9 Å². The summed E-state index contributed by atoms with van der Waals surface area (Å²) in [7, 11) is 0. The van der Waals surface area contributed by atoms with Crippen LogP contribution in [0, 0.1) is 0 Å². The van der Waals surface area contributed by atoms with Crippen molar-refractivity contribution in [3.8, 4) is 5.75 Å². The molecule has 0 saturated heterocycles. The minimum atomic E-state index is -0.497. The minimum absolute atomic E-state index is 0.0523. The van der Waals surface area contributed by atoms with Gasteiger partial charge in [-0.2, -0.15) is 0 Å². The summed E-state index contributed by atoms with van der Waals surface area (Å²) in [4.78, 5) is 35.7. The van der Waals surface area contributed by atoms with E-state index < -0.39 is 5.97 Å². The van der Waals surface area contributed by atoms with Crippen LogP contribution in [0.4, 0.5) is 5.69 Å². The maximum absolute atomic E-state index is 12.2. The van der Waals surface area contributed by atoms with E-state index in [-0.39, 0.29) is 36.7 Å². The molecule has 0 spiro atoms. The van der Waals surface area contributed by atoms with Gasteiger partial charge in [0.15, 0.2) is 12.4 Å². The molecule has 0 aliphatic carbocycles. The Labute approximate surface area is 183 Å². The van der Waals surface area contributed by atoms with E-state index in [1.807, 2.05) is 31.2 Å². The van der Waals surface area contributed by atoms with Crippen molar-refractivity contribution in [3.05, 3.63) is 59.7 Å². The van der Waals surface area contributed by atoms with E-state index in [1.165, 1.54) is 5.56 Å². The molecule has 0 radical (unpaired) electrons. The van der Waals surface area contributed by atoms with Crippen molar-refractivity contribution >= 4 is 23.3 Å². The third-order valence-corrected chi connectivity index (χ3v) is 4.63. The molecule has 0 fully saturated rings. The number of esters is 1. The van der Waals surface area contributed by atoms with E-state index in [4.69, 9.17) is 9.47 Å². The summed E-state index contributed by atoms with van der Waals surface area (Å²) in [6.07, 6.45) is 1.27. The molecule has 6 nitrogen and oxygen atoms in total. The predicted octanol–water partition coefficient (Wildman–Crippen LogP) is 4.92. The lowest BCUT2D eigenvalue weighted by atomic mass is 9.87. The second-order valence-electron chi connectivity index (χ2n) is 8.33. The number of ether oxygens (including phenoxy) is 2. The van der Waals surface area contributed by atoms with Crippen molar-refractivity contribution in [2.75, 3.05) is 18.5 Å². The molecule has 0 aliphatic rings. The van der Waals surface area contributed by atoms with Crippen LogP contribution in [0.2, 0.25) is 0 Å². The van der Waals surface area contributed by atoms with Crippen molar-refractivity contribution in [3.63, 3.8) is 0 Å². The van der Waals surface area contributed by atoms with Crippen molar-refractivity contribution in [1.29, 1.82) is 0 Å². The van der Waals surface area contributed by atoms with Crippen LogP contribution in [0.3, 0.4) is 0 Å². The number of carbonyl (C=O) groups is 3. The van der Waals surface area contributed by atoms with Gasteiger partial charge in [0.25, 0.3) is 0 Å². The second-order valence-corrected chi connectivity index (χ2v) is 8.33. The summed E-state index contributed by atoms with van der Waals surface area (Å²) in [5, 5.41) is 2.76. The molecule has 1 N–H and O–H groups in total. The molecule has 0 saturated carbocycles. The lowest BCUT2D eigenvalue weighted by molar-refractivity contribution is -0.143. The van der Waals surface area contributed by atoms with Gasteiger partial charge in [-0.05, 0) is 53.8 Å². The minimum Gasteiger partial charge on any atom is -0.493 e. The average Bonchev–Trinajstić information content (AvgIpc) is 2.72. The fourth-order valence-electron chi connectivity index (χ4n) is 2.79. The summed E-state index contributed by atoms with van der Waals surface area (Å²) < 4.78 is 10.6. The summed E-state index contributed by atoms with van der Waals surface area (Å²) in [6, 6.07) is 14.3. The molecule has 2 rings (SSSR count). The Morgan fingerprint density at radius 3 is 2.13 bits per heavy atom. The number of amides is 1. The third kappa shape index (κ3) is 8.24. The first-order valence-electron chi connectivity index (χ1n) is 10.5. The zero-order valence-electron chi connectivity index (χ0n) is 18.7. The Hall–Kier alpha value is -3.15. The largest absolute Gasteiger partial charge is 0.493 e. The number of ketones is 1. The van der Waals surface area contributed by atoms with Gasteiger partial charge in [0, 0.05) is 17.7 Å². The van der Waals surface area contributed by atoms with Gasteiger partial charge >= 0.3 is 5.97 Å². The van der Waals surface area contributed by atoms with Crippen LogP contribution in [0.15, 0.2) is 48.5 Å². The Kier molecular flexibility index (Phi) is 8.79. The number of anilines is 1. The van der Waals surface area contributed by atoms with E-state index in [0.717, 1.165) is 6.42 Å². The average molecular weight is 426 g/mol. The van der Waals surface area contributed by atoms with Crippen molar-refractivity contribution < 1.29 is 23.9 Å². The first-order valence-corrected chi connectivity index (χ1v) is 10.5. The molecule has 0 aliphatic heterocycles. The van der Waals surface area contributed by atoms with E-state index in [9.17, 15) is 14.4 Å². The lowest BCUT2D eigenvalue weighted by Crippen LogP contribution is -2.16. The maximum Gasteiger partial charge on any atom is 0.309 e.